The van der Waals surface area contributed by atoms with Gasteiger partial charge in [0.05, 0.1) is 24.5 Å². The maximum absolute atomic E-state index is 14.9. The molecular weight excluding hydrogens is 425 g/mol. The maximum Gasteiger partial charge on any atom is 0.322 e. The Balaban J connectivity index is 1.47. The number of rotatable bonds is 3. The van der Waals surface area contributed by atoms with Gasteiger partial charge in [0.1, 0.15) is 17.3 Å². The number of carbonyl (C=O) groups excluding carboxylic acids is 1. The smallest absolute Gasteiger partial charge is 0.322 e. The summed E-state index contributed by atoms with van der Waals surface area (Å²) in [5.41, 5.74) is 0.656. The Bertz CT molecular complexity index is 1190. The lowest BCUT2D eigenvalue weighted by Crippen LogP contribution is -2.33. The molecule has 1 aromatic carbocycles. The van der Waals surface area contributed by atoms with E-state index in [0.29, 0.717) is 32.4 Å². The van der Waals surface area contributed by atoms with Gasteiger partial charge in [-0.15, -0.1) is 0 Å². The van der Waals surface area contributed by atoms with Gasteiger partial charge in [0.25, 0.3) is 0 Å². The molecule has 8 nitrogen and oxygen atoms in total. The number of aromatic nitrogens is 3. The minimum atomic E-state index is -0.662. The highest BCUT2D eigenvalue weighted by molar-refractivity contribution is 5.93. The molecular formula is C21H21F3N6O2. The van der Waals surface area contributed by atoms with Crippen molar-refractivity contribution in [1.29, 1.82) is 0 Å². The minimum absolute atomic E-state index is 0.0174. The molecule has 2 N–H and O–H groups in total. The number of halogens is 3. The number of fused-ring (bicyclic) bond motifs is 1. The van der Waals surface area contributed by atoms with Crippen LogP contribution in [-0.2, 0) is 0 Å². The van der Waals surface area contributed by atoms with Crippen LogP contribution in [0.5, 0.6) is 0 Å². The van der Waals surface area contributed by atoms with E-state index in [9.17, 15) is 23.1 Å². The fraction of sp³-hybridized carbons (Fsp3) is 0.381. The number of hydrogen-bond donors (Lipinski definition) is 2. The van der Waals surface area contributed by atoms with E-state index in [2.05, 4.69) is 15.4 Å². The van der Waals surface area contributed by atoms with Crippen LogP contribution in [0.4, 0.5) is 29.5 Å². The summed E-state index contributed by atoms with van der Waals surface area (Å²) >= 11 is 0. The first-order valence-electron chi connectivity index (χ1n) is 10.4. The average Bonchev–Trinajstić information content (AvgIpc) is 3.49. The molecule has 3 aromatic rings. The lowest BCUT2D eigenvalue weighted by molar-refractivity contribution is 0.176. The Labute approximate surface area is 181 Å². The molecule has 4 heterocycles. The van der Waals surface area contributed by atoms with Gasteiger partial charge >= 0.3 is 6.03 Å². The summed E-state index contributed by atoms with van der Waals surface area (Å²) in [6, 6.07) is 2.26. The molecule has 32 heavy (non-hydrogen) atoms. The van der Waals surface area contributed by atoms with Crippen molar-refractivity contribution in [3.05, 3.63) is 53.6 Å². The third kappa shape index (κ3) is 3.62. The van der Waals surface area contributed by atoms with Crippen LogP contribution in [0, 0.1) is 17.5 Å². The number of hydrogen-bond acceptors (Lipinski definition) is 5. The van der Waals surface area contributed by atoms with Crippen LogP contribution in [0.2, 0.25) is 0 Å². The zero-order valence-corrected chi connectivity index (χ0v) is 17.0. The molecule has 2 aliphatic heterocycles. The molecule has 2 aromatic heterocycles. The summed E-state index contributed by atoms with van der Waals surface area (Å²) in [4.78, 5) is 20.0. The van der Waals surface area contributed by atoms with E-state index >= 15 is 0 Å². The molecule has 5 rings (SSSR count). The minimum Gasteiger partial charge on any atom is -0.391 e. The van der Waals surface area contributed by atoms with E-state index in [1.807, 2.05) is 0 Å². The molecule has 11 heteroatoms. The second kappa shape index (κ2) is 7.97. The van der Waals surface area contributed by atoms with Crippen molar-refractivity contribution in [2.75, 3.05) is 29.9 Å². The van der Waals surface area contributed by atoms with E-state index in [0.717, 1.165) is 24.4 Å². The summed E-state index contributed by atoms with van der Waals surface area (Å²) in [5, 5.41) is 16.4. The van der Waals surface area contributed by atoms with Crippen LogP contribution in [0.25, 0.3) is 5.65 Å². The third-order valence-electron chi connectivity index (χ3n) is 5.96. The van der Waals surface area contributed by atoms with E-state index < -0.39 is 35.6 Å². The fourth-order valence-corrected chi connectivity index (χ4v) is 4.40. The summed E-state index contributed by atoms with van der Waals surface area (Å²) < 4.78 is 44.3. The van der Waals surface area contributed by atoms with E-state index in [1.165, 1.54) is 15.6 Å². The second-order valence-electron chi connectivity index (χ2n) is 8.07. The lowest BCUT2D eigenvalue weighted by atomic mass is 10.0. The maximum atomic E-state index is 14.9. The number of amides is 2. The number of aliphatic hydroxyl groups excluding tert-OH is 1. The Hall–Kier alpha value is -3.34. The van der Waals surface area contributed by atoms with Gasteiger partial charge in [-0.3, -0.25) is 0 Å². The Kier molecular flexibility index (Phi) is 5.12. The number of nitrogens with zero attached hydrogens (tertiary/aromatic N) is 5. The first-order chi connectivity index (χ1) is 15.4. The number of likely N-dealkylation sites (tertiary alicyclic amines) is 1. The number of benzene rings is 1. The summed E-state index contributed by atoms with van der Waals surface area (Å²) in [6.07, 6.45) is 3.63. The van der Waals surface area contributed by atoms with Crippen molar-refractivity contribution in [3.8, 4) is 0 Å². The van der Waals surface area contributed by atoms with Crippen molar-refractivity contribution < 1.29 is 23.1 Å². The number of anilines is 2. The highest BCUT2D eigenvalue weighted by atomic mass is 19.1. The largest absolute Gasteiger partial charge is 0.391 e. The first kappa shape index (κ1) is 20.6. The molecule has 0 aliphatic carbocycles. The second-order valence-corrected chi connectivity index (χ2v) is 8.07. The van der Waals surface area contributed by atoms with Gasteiger partial charge in [0, 0.05) is 25.2 Å². The molecule has 0 saturated carbocycles. The van der Waals surface area contributed by atoms with Crippen LogP contribution in [0.15, 0.2) is 30.6 Å². The molecule has 0 radical (unpaired) electrons. The SMILES string of the molecule is O=C(Nc1cnn2cc(F)c(N3CCCC3c3cc(F)ccc3F)nc12)N1CCC(O)C1. The molecule has 0 bridgehead atoms. The number of nitrogens with one attached hydrogen (secondary N) is 1. The third-order valence-corrected chi connectivity index (χ3v) is 5.96. The first-order valence-corrected chi connectivity index (χ1v) is 10.4. The van der Waals surface area contributed by atoms with Gasteiger partial charge in [-0.05, 0) is 37.5 Å². The van der Waals surface area contributed by atoms with Crippen molar-refractivity contribution in [2.45, 2.75) is 31.4 Å². The fourth-order valence-electron chi connectivity index (χ4n) is 4.40. The number of aliphatic hydroxyl groups is 1. The quantitative estimate of drug-likeness (QED) is 0.646. The molecule has 0 spiro atoms. The Morgan fingerprint density at radius 3 is 2.78 bits per heavy atom. The van der Waals surface area contributed by atoms with Crippen molar-refractivity contribution in [1.82, 2.24) is 19.5 Å². The van der Waals surface area contributed by atoms with Gasteiger partial charge in [0.15, 0.2) is 17.3 Å². The van der Waals surface area contributed by atoms with Gasteiger partial charge in [-0.25, -0.2) is 27.5 Å². The topological polar surface area (TPSA) is 86.0 Å². The number of urea groups is 1. The van der Waals surface area contributed by atoms with Gasteiger partial charge in [-0.2, -0.15) is 5.10 Å². The van der Waals surface area contributed by atoms with Gasteiger partial charge in [0.2, 0.25) is 0 Å². The molecule has 2 atom stereocenters. The summed E-state index contributed by atoms with van der Waals surface area (Å²) in [5.74, 6) is -1.80. The zero-order chi connectivity index (χ0) is 22.4. The van der Waals surface area contributed by atoms with Crippen LogP contribution in [0.1, 0.15) is 30.9 Å². The van der Waals surface area contributed by atoms with Crippen LogP contribution < -0.4 is 10.2 Å². The van der Waals surface area contributed by atoms with Crippen molar-refractivity contribution in [2.24, 2.45) is 0 Å². The lowest BCUT2D eigenvalue weighted by Gasteiger charge is -2.27. The number of carbonyl (C=O) groups is 1. The molecule has 168 valence electrons. The van der Waals surface area contributed by atoms with E-state index in [4.69, 9.17) is 0 Å². The van der Waals surface area contributed by atoms with Crippen molar-refractivity contribution in [3.63, 3.8) is 0 Å². The molecule has 2 fully saturated rings. The molecule has 2 amide bonds. The number of β-amino-alcohol motifs (C(OH)–C–C–N with tert-alkyl or cyclic N) is 1. The van der Waals surface area contributed by atoms with Crippen LogP contribution >= 0.6 is 0 Å². The van der Waals surface area contributed by atoms with Gasteiger partial charge in [-0.1, -0.05) is 0 Å². The van der Waals surface area contributed by atoms with Crippen LogP contribution in [0.3, 0.4) is 0 Å². The predicted octanol–water partition coefficient (Wildman–Crippen LogP) is 3.09. The predicted molar refractivity (Wildman–Crippen MR) is 110 cm³/mol. The zero-order valence-electron chi connectivity index (χ0n) is 17.0. The van der Waals surface area contributed by atoms with E-state index in [1.54, 1.807) is 4.90 Å². The van der Waals surface area contributed by atoms with Crippen molar-refractivity contribution >= 4 is 23.2 Å². The highest BCUT2D eigenvalue weighted by Crippen LogP contribution is 2.38. The van der Waals surface area contributed by atoms with Gasteiger partial charge < -0.3 is 20.2 Å². The Morgan fingerprint density at radius 2 is 2.00 bits per heavy atom. The monoisotopic (exact) mass is 446 g/mol. The summed E-state index contributed by atoms with van der Waals surface area (Å²) in [6.45, 7) is 1.07. The standard InChI is InChI=1S/C21H21F3N6O2/c22-12-3-4-15(23)14(8-12)18-2-1-6-29(18)19-16(24)11-30-20(27-19)17(9-25-30)26-21(32)28-7-5-13(31)10-28/h3-4,8-9,11,13,18,31H,1-2,5-7,10H2,(H,26,32). The molecule has 2 saturated heterocycles. The highest BCUT2D eigenvalue weighted by Gasteiger charge is 2.32. The Morgan fingerprint density at radius 1 is 1.16 bits per heavy atom. The van der Waals surface area contributed by atoms with Crippen LogP contribution in [-0.4, -0.2) is 56.4 Å². The molecule has 2 aliphatic rings. The normalized spacial score (nSPS) is 21.0. The molecule has 2 unspecified atom stereocenters. The average molecular weight is 446 g/mol. The summed E-state index contributed by atoms with van der Waals surface area (Å²) in [7, 11) is 0. The van der Waals surface area contributed by atoms with E-state index in [-0.39, 0.29) is 29.3 Å².